The average molecular weight is 364 g/mol. The van der Waals surface area contributed by atoms with Crippen LogP contribution >= 0.6 is 27.5 Å². The minimum atomic E-state index is -3.79. The first-order chi connectivity index (χ1) is 8.88. The van der Waals surface area contributed by atoms with Crippen LogP contribution in [0.4, 0.5) is 5.69 Å². The molecule has 0 unspecified atom stereocenters. The maximum Gasteiger partial charge on any atom is 0.266 e. The van der Waals surface area contributed by atoms with Crippen molar-refractivity contribution in [2.24, 2.45) is 0 Å². The minimum Gasteiger partial charge on any atom is -0.326 e. The molecule has 0 amide bonds. The molecule has 0 aliphatic heterocycles. The number of anilines is 1. The number of benzene rings is 1. The molecule has 5 nitrogen and oxygen atoms in total. The molecule has 0 saturated heterocycles. The van der Waals surface area contributed by atoms with Crippen molar-refractivity contribution in [3.63, 3.8) is 0 Å². The molecule has 1 aromatic heterocycles. The largest absolute Gasteiger partial charge is 0.326 e. The third-order valence-electron chi connectivity index (χ3n) is 2.24. The van der Waals surface area contributed by atoms with Gasteiger partial charge in [-0.3, -0.25) is 9.52 Å². The quantitative estimate of drug-likeness (QED) is 0.880. The number of halogens is 2. The molecule has 0 aliphatic rings. The first kappa shape index (κ1) is 14.1. The molecule has 0 atom stereocenters. The standard InChI is InChI=1S/C11H8BrClN2O3S/c12-7-1-3-8(4-2-7)15-19(17,18)9-5-10(13)11(16)14-6-9/h1-6,15H,(H,14,16). The van der Waals surface area contributed by atoms with Crippen LogP contribution in [0.2, 0.25) is 5.02 Å². The molecule has 19 heavy (non-hydrogen) atoms. The van der Waals surface area contributed by atoms with Gasteiger partial charge in [0.1, 0.15) is 9.92 Å². The van der Waals surface area contributed by atoms with E-state index in [0.717, 1.165) is 16.7 Å². The molecule has 0 fully saturated rings. The van der Waals surface area contributed by atoms with Gasteiger partial charge in [-0.25, -0.2) is 8.42 Å². The highest BCUT2D eigenvalue weighted by Gasteiger charge is 2.15. The molecule has 0 bridgehead atoms. The number of sulfonamides is 1. The molecule has 2 rings (SSSR count). The number of pyridine rings is 1. The van der Waals surface area contributed by atoms with E-state index in [4.69, 9.17) is 11.6 Å². The number of nitrogens with one attached hydrogen (secondary N) is 2. The van der Waals surface area contributed by atoms with E-state index < -0.39 is 15.6 Å². The van der Waals surface area contributed by atoms with Crippen molar-refractivity contribution >= 4 is 43.2 Å². The summed E-state index contributed by atoms with van der Waals surface area (Å²) < 4.78 is 27.3. The van der Waals surface area contributed by atoms with Gasteiger partial charge in [-0.15, -0.1) is 0 Å². The summed E-state index contributed by atoms with van der Waals surface area (Å²) in [5.74, 6) is 0. The number of H-pyrrole nitrogens is 1. The Balaban J connectivity index is 2.34. The molecule has 0 radical (unpaired) electrons. The summed E-state index contributed by atoms with van der Waals surface area (Å²) >= 11 is 8.85. The van der Waals surface area contributed by atoms with Gasteiger partial charge in [-0.1, -0.05) is 27.5 Å². The molecule has 100 valence electrons. The Kier molecular flexibility index (Phi) is 3.98. The molecule has 1 heterocycles. The Morgan fingerprint density at radius 3 is 2.42 bits per heavy atom. The normalized spacial score (nSPS) is 11.3. The van der Waals surface area contributed by atoms with Crippen molar-refractivity contribution in [3.05, 3.63) is 56.4 Å². The maximum atomic E-state index is 12.0. The smallest absolute Gasteiger partial charge is 0.266 e. The zero-order valence-corrected chi connectivity index (χ0v) is 12.5. The average Bonchev–Trinajstić information content (AvgIpc) is 2.35. The predicted molar refractivity (Wildman–Crippen MR) is 77.0 cm³/mol. The van der Waals surface area contributed by atoms with Crippen molar-refractivity contribution in [1.82, 2.24) is 4.98 Å². The Labute approximate surface area is 122 Å². The predicted octanol–water partition coefficient (Wildman–Crippen LogP) is 2.59. The van der Waals surface area contributed by atoms with Crippen LogP contribution in [0.1, 0.15) is 0 Å². The van der Waals surface area contributed by atoms with Crippen LogP contribution < -0.4 is 10.3 Å². The zero-order chi connectivity index (χ0) is 14.0. The number of rotatable bonds is 3. The molecule has 8 heteroatoms. The zero-order valence-electron chi connectivity index (χ0n) is 9.35. The molecular formula is C11H8BrClN2O3S. The topological polar surface area (TPSA) is 79.0 Å². The molecule has 1 aromatic carbocycles. The summed E-state index contributed by atoms with van der Waals surface area (Å²) in [6.07, 6.45) is 1.09. The monoisotopic (exact) mass is 362 g/mol. The highest BCUT2D eigenvalue weighted by Crippen LogP contribution is 2.18. The van der Waals surface area contributed by atoms with Crippen LogP contribution in [-0.2, 0) is 10.0 Å². The van der Waals surface area contributed by atoms with E-state index in [2.05, 4.69) is 25.6 Å². The van der Waals surface area contributed by atoms with Crippen molar-refractivity contribution in [3.8, 4) is 0 Å². The number of aromatic amines is 1. The van der Waals surface area contributed by atoms with Gasteiger partial charge in [0.05, 0.1) is 0 Å². The summed E-state index contributed by atoms with van der Waals surface area (Å²) in [6.45, 7) is 0. The second kappa shape index (κ2) is 5.36. The molecule has 2 N–H and O–H groups in total. The first-order valence-electron chi connectivity index (χ1n) is 5.05. The van der Waals surface area contributed by atoms with Crippen molar-refractivity contribution in [2.45, 2.75) is 4.90 Å². The van der Waals surface area contributed by atoms with Gasteiger partial charge < -0.3 is 4.98 Å². The number of hydrogen-bond donors (Lipinski definition) is 2. The summed E-state index contributed by atoms with van der Waals surface area (Å²) in [4.78, 5) is 13.2. The first-order valence-corrected chi connectivity index (χ1v) is 7.70. The lowest BCUT2D eigenvalue weighted by Gasteiger charge is -2.08. The van der Waals surface area contributed by atoms with Gasteiger partial charge in [-0.2, -0.15) is 0 Å². The van der Waals surface area contributed by atoms with E-state index in [1.165, 1.54) is 0 Å². The van der Waals surface area contributed by atoms with Gasteiger partial charge in [0.2, 0.25) is 0 Å². The minimum absolute atomic E-state index is 0.111. The highest BCUT2D eigenvalue weighted by atomic mass is 79.9. The van der Waals surface area contributed by atoms with Gasteiger partial charge in [0.25, 0.3) is 15.6 Å². The fraction of sp³-hybridized carbons (Fsp3) is 0. The van der Waals surface area contributed by atoms with Crippen LogP contribution in [0.15, 0.2) is 50.7 Å². The van der Waals surface area contributed by atoms with Crippen molar-refractivity contribution in [2.75, 3.05) is 4.72 Å². The lowest BCUT2D eigenvalue weighted by atomic mass is 10.3. The fourth-order valence-corrected chi connectivity index (χ4v) is 2.88. The fourth-order valence-electron chi connectivity index (χ4n) is 1.32. The van der Waals surface area contributed by atoms with Crippen LogP contribution in [0, 0.1) is 0 Å². The van der Waals surface area contributed by atoms with Gasteiger partial charge in [0.15, 0.2) is 0 Å². The third-order valence-corrected chi connectivity index (χ3v) is 4.41. The summed E-state index contributed by atoms with van der Waals surface area (Å²) in [5, 5.41) is -0.182. The highest BCUT2D eigenvalue weighted by molar-refractivity contribution is 9.10. The SMILES string of the molecule is O=c1[nH]cc(S(=O)(=O)Nc2ccc(Br)cc2)cc1Cl. The second-order valence-corrected chi connectivity index (χ2v) is 6.63. The summed E-state index contributed by atoms with van der Waals surface area (Å²) in [5.41, 5.74) is -0.130. The van der Waals surface area contributed by atoms with Gasteiger partial charge in [-0.05, 0) is 30.3 Å². The molecule has 2 aromatic rings. The van der Waals surface area contributed by atoms with Crippen LogP contribution in [0.25, 0.3) is 0 Å². The van der Waals surface area contributed by atoms with E-state index in [1.54, 1.807) is 24.3 Å². The van der Waals surface area contributed by atoms with E-state index in [0.29, 0.717) is 5.69 Å². The van der Waals surface area contributed by atoms with Crippen molar-refractivity contribution in [1.29, 1.82) is 0 Å². The summed E-state index contributed by atoms with van der Waals surface area (Å²) in [7, 11) is -3.79. The summed E-state index contributed by atoms with van der Waals surface area (Å²) in [6, 6.07) is 7.72. The van der Waals surface area contributed by atoms with E-state index in [1.807, 2.05) is 0 Å². The number of aromatic nitrogens is 1. The van der Waals surface area contributed by atoms with E-state index >= 15 is 0 Å². The Morgan fingerprint density at radius 1 is 1.21 bits per heavy atom. The Morgan fingerprint density at radius 2 is 1.84 bits per heavy atom. The molecule has 0 spiro atoms. The van der Waals surface area contributed by atoms with Crippen molar-refractivity contribution < 1.29 is 8.42 Å². The van der Waals surface area contributed by atoms with E-state index in [9.17, 15) is 13.2 Å². The molecule has 0 aliphatic carbocycles. The second-order valence-electron chi connectivity index (χ2n) is 3.62. The van der Waals surface area contributed by atoms with Crippen LogP contribution in [-0.4, -0.2) is 13.4 Å². The maximum absolute atomic E-state index is 12.0. The Bertz CT molecular complexity index is 756. The third kappa shape index (κ3) is 3.37. The van der Waals surface area contributed by atoms with Gasteiger partial charge >= 0.3 is 0 Å². The number of hydrogen-bond acceptors (Lipinski definition) is 3. The van der Waals surface area contributed by atoms with E-state index in [-0.39, 0.29) is 9.92 Å². The van der Waals surface area contributed by atoms with Gasteiger partial charge in [0, 0.05) is 16.4 Å². The lowest BCUT2D eigenvalue weighted by molar-refractivity contribution is 0.600. The lowest BCUT2D eigenvalue weighted by Crippen LogP contribution is -2.15. The molecular weight excluding hydrogens is 356 g/mol. The van der Waals surface area contributed by atoms with Crippen LogP contribution in [0.3, 0.4) is 0 Å². The molecule has 0 saturated carbocycles. The van der Waals surface area contributed by atoms with Crippen LogP contribution in [0.5, 0.6) is 0 Å². The Hall–Kier alpha value is -1.31.